The zero-order valence-electron chi connectivity index (χ0n) is 9.77. The molecule has 4 nitrogen and oxygen atoms in total. The van der Waals surface area contributed by atoms with Crippen LogP contribution in [0.1, 0.15) is 17.8 Å². The van der Waals surface area contributed by atoms with Crippen molar-refractivity contribution in [2.45, 2.75) is 19.8 Å². The largest absolute Gasteiger partial charge is 0.508 e. The van der Waals surface area contributed by atoms with Crippen LogP contribution in [0.2, 0.25) is 0 Å². The van der Waals surface area contributed by atoms with Gasteiger partial charge in [-0.15, -0.1) is 0 Å². The number of phenolic OH excluding ortho intramolecular Hbond substituents is 1. The lowest BCUT2D eigenvalue weighted by Crippen LogP contribution is -2.13. The third-order valence-corrected chi connectivity index (χ3v) is 3.14. The maximum absolute atomic E-state index is 9.31. The topological polar surface area (TPSA) is 50.1 Å². The number of aromatic nitrogens is 2. The van der Waals surface area contributed by atoms with E-state index >= 15 is 0 Å². The normalized spacial score (nSPS) is 14.2. The summed E-state index contributed by atoms with van der Waals surface area (Å²) in [5, 5.41) is 17.3. The number of anilines is 1. The zero-order valence-corrected chi connectivity index (χ0v) is 9.77. The highest BCUT2D eigenvalue weighted by Gasteiger charge is 2.18. The van der Waals surface area contributed by atoms with Crippen molar-refractivity contribution in [2.75, 3.05) is 11.9 Å². The molecule has 0 fully saturated rings. The number of phenols is 1. The van der Waals surface area contributed by atoms with Gasteiger partial charge in [-0.2, -0.15) is 5.10 Å². The second kappa shape index (κ2) is 3.80. The van der Waals surface area contributed by atoms with Crippen LogP contribution in [-0.2, 0) is 6.42 Å². The second-order valence-electron chi connectivity index (χ2n) is 4.37. The number of nitrogens with one attached hydrogen (secondary N) is 1. The SMILES string of the molecule is Cc1nn(-c2ccc(O)cc2)c2c1NCCC2. The summed E-state index contributed by atoms with van der Waals surface area (Å²) in [4.78, 5) is 0. The molecule has 0 saturated carbocycles. The Morgan fingerprint density at radius 3 is 2.82 bits per heavy atom. The molecule has 0 atom stereocenters. The third-order valence-electron chi connectivity index (χ3n) is 3.14. The van der Waals surface area contributed by atoms with Gasteiger partial charge in [-0.3, -0.25) is 0 Å². The summed E-state index contributed by atoms with van der Waals surface area (Å²) >= 11 is 0. The number of benzene rings is 1. The van der Waals surface area contributed by atoms with E-state index in [0.29, 0.717) is 0 Å². The van der Waals surface area contributed by atoms with E-state index in [4.69, 9.17) is 0 Å². The van der Waals surface area contributed by atoms with E-state index in [-0.39, 0.29) is 5.75 Å². The van der Waals surface area contributed by atoms with Gasteiger partial charge in [0, 0.05) is 6.54 Å². The standard InChI is InChI=1S/C13H15N3O/c1-9-13-12(3-2-8-14-13)16(15-9)10-4-6-11(17)7-5-10/h4-7,14,17H,2-3,8H2,1H3. The van der Waals surface area contributed by atoms with Crippen LogP contribution in [0.4, 0.5) is 5.69 Å². The van der Waals surface area contributed by atoms with Crippen molar-refractivity contribution in [3.8, 4) is 11.4 Å². The van der Waals surface area contributed by atoms with Crippen molar-refractivity contribution in [2.24, 2.45) is 0 Å². The Morgan fingerprint density at radius 1 is 1.29 bits per heavy atom. The van der Waals surface area contributed by atoms with Gasteiger partial charge < -0.3 is 10.4 Å². The number of fused-ring (bicyclic) bond motifs is 1. The summed E-state index contributed by atoms with van der Waals surface area (Å²) in [5.41, 5.74) is 4.44. The Hall–Kier alpha value is -1.97. The lowest BCUT2D eigenvalue weighted by molar-refractivity contribution is 0.475. The summed E-state index contributed by atoms with van der Waals surface area (Å²) in [6, 6.07) is 7.15. The van der Waals surface area contributed by atoms with Crippen LogP contribution in [0.15, 0.2) is 24.3 Å². The van der Waals surface area contributed by atoms with Gasteiger partial charge in [0.05, 0.1) is 22.8 Å². The zero-order chi connectivity index (χ0) is 11.8. The van der Waals surface area contributed by atoms with Crippen molar-refractivity contribution in [3.05, 3.63) is 35.7 Å². The Kier molecular flexibility index (Phi) is 2.28. The minimum absolute atomic E-state index is 0.282. The molecule has 2 heterocycles. The van der Waals surface area contributed by atoms with Gasteiger partial charge in [-0.1, -0.05) is 0 Å². The highest BCUT2D eigenvalue weighted by atomic mass is 16.3. The van der Waals surface area contributed by atoms with Crippen molar-refractivity contribution in [3.63, 3.8) is 0 Å². The van der Waals surface area contributed by atoms with Gasteiger partial charge in [0.15, 0.2) is 0 Å². The lowest BCUT2D eigenvalue weighted by atomic mass is 10.1. The first-order valence-electron chi connectivity index (χ1n) is 5.87. The van der Waals surface area contributed by atoms with E-state index in [1.165, 1.54) is 11.4 Å². The molecule has 3 rings (SSSR count). The molecule has 1 aliphatic rings. The lowest BCUT2D eigenvalue weighted by Gasteiger charge is -2.16. The number of hydrogen-bond donors (Lipinski definition) is 2. The molecule has 0 unspecified atom stereocenters. The Bertz CT molecular complexity index is 543. The van der Waals surface area contributed by atoms with E-state index in [1.807, 2.05) is 23.7 Å². The highest BCUT2D eigenvalue weighted by Crippen LogP contribution is 2.28. The molecule has 2 N–H and O–H groups in total. The van der Waals surface area contributed by atoms with Crippen molar-refractivity contribution in [1.29, 1.82) is 0 Å². The first-order chi connectivity index (χ1) is 8.25. The summed E-state index contributed by atoms with van der Waals surface area (Å²) < 4.78 is 1.97. The fraction of sp³-hybridized carbons (Fsp3) is 0.308. The van der Waals surface area contributed by atoms with Crippen LogP contribution in [0.3, 0.4) is 0 Å². The van der Waals surface area contributed by atoms with Crippen LogP contribution in [0.25, 0.3) is 5.69 Å². The predicted octanol–water partition coefficient (Wildman–Crippen LogP) is 2.24. The van der Waals surface area contributed by atoms with Gasteiger partial charge in [-0.05, 0) is 44.0 Å². The van der Waals surface area contributed by atoms with E-state index in [0.717, 1.165) is 30.8 Å². The fourth-order valence-corrected chi connectivity index (χ4v) is 2.31. The second-order valence-corrected chi connectivity index (χ2v) is 4.37. The van der Waals surface area contributed by atoms with E-state index < -0.39 is 0 Å². The maximum Gasteiger partial charge on any atom is 0.115 e. The third kappa shape index (κ3) is 1.65. The summed E-state index contributed by atoms with van der Waals surface area (Å²) in [5.74, 6) is 0.282. The first kappa shape index (κ1) is 10.2. The molecular weight excluding hydrogens is 214 g/mol. The number of hydrogen-bond acceptors (Lipinski definition) is 3. The molecule has 17 heavy (non-hydrogen) atoms. The van der Waals surface area contributed by atoms with E-state index in [1.54, 1.807) is 12.1 Å². The summed E-state index contributed by atoms with van der Waals surface area (Å²) in [6.45, 7) is 3.04. The molecule has 0 amide bonds. The minimum Gasteiger partial charge on any atom is -0.508 e. The van der Waals surface area contributed by atoms with E-state index in [9.17, 15) is 5.11 Å². The number of aryl methyl sites for hydroxylation is 1. The predicted molar refractivity (Wildman–Crippen MR) is 66.8 cm³/mol. The molecule has 1 aromatic carbocycles. The monoisotopic (exact) mass is 229 g/mol. The van der Waals surface area contributed by atoms with Gasteiger partial charge in [0.2, 0.25) is 0 Å². The average Bonchev–Trinajstić information content (AvgIpc) is 2.69. The number of aromatic hydroxyl groups is 1. The van der Waals surface area contributed by atoms with Crippen molar-refractivity contribution >= 4 is 5.69 Å². The summed E-state index contributed by atoms with van der Waals surface area (Å²) in [7, 11) is 0. The average molecular weight is 229 g/mol. The molecule has 2 aromatic rings. The molecule has 0 radical (unpaired) electrons. The highest BCUT2D eigenvalue weighted by molar-refractivity contribution is 5.56. The molecule has 0 bridgehead atoms. The molecule has 1 aliphatic heterocycles. The molecule has 4 heteroatoms. The van der Waals surface area contributed by atoms with Crippen molar-refractivity contribution in [1.82, 2.24) is 9.78 Å². The maximum atomic E-state index is 9.31. The van der Waals surface area contributed by atoms with Crippen molar-refractivity contribution < 1.29 is 5.11 Å². The molecule has 0 spiro atoms. The Labute approximate surface area is 99.9 Å². The van der Waals surface area contributed by atoms with Crippen LogP contribution >= 0.6 is 0 Å². The van der Waals surface area contributed by atoms with Gasteiger partial charge in [0.25, 0.3) is 0 Å². The molecule has 88 valence electrons. The number of nitrogens with zero attached hydrogens (tertiary/aromatic N) is 2. The van der Waals surface area contributed by atoms with Crippen LogP contribution < -0.4 is 5.32 Å². The van der Waals surface area contributed by atoms with Gasteiger partial charge in [0.1, 0.15) is 5.75 Å². The smallest absolute Gasteiger partial charge is 0.115 e. The minimum atomic E-state index is 0.282. The Morgan fingerprint density at radius 2 is 2.06 bits per heavy atom. The van der Waals surface area contributed by atoms with Gasteiger partial charge in [-0.25, -0.2) is 4.68 Å². The quantitative estimate of drug-likeness (QED) is 0.788. The first-order valence-corrected chi connectivity index (χ1v) is 5.87. The van der Waals surface area contributed by atoms with Crippen LogP contribution in [-0.4, -0.2) is 21.4 Å². The fourth-order valence-electron chi connectivity index (χ4n) is 2.31. The van der Waals surface area contributed by atoms with E-state index in [2.05, 4.69) is 10.4 Å². The van der Waals surface area contributed by atoms with Gasteiger partial charge >= 0.3 is 0 Å². The van der Waals surface area contributed by atoms with Crippen LogP contribution in [0.5, 0.6) is 5.75 Å². The van der Waals surface area contributed by atoms with Crippen LogP contribution in [0, 0.1) is 6.92 Å². The number of rotatable bonds is 1. The Balaban J connectivity index is 2.11. The summed E-state index contributed by atoms with van der Waals surface area (Å²) in [6.07, 6.45) is 2.18. The molecule has 0 aliphatic carbocycles. The molecular formula is C13H15N3O. The molecule has 1 aromatic heterocycles. The molecule has 0 saturated heterocycles.